The van der Waals surface area contributed by atoms with E-state index in [0.717, 1.165) is 19.4 Å². The van der Waals surface area contributed by atoms with Gasteiger partial charge in [-0.15, -0.1) is 0 Å². The molecule has 1 aliphatic heterocycles. The lowest BCUT2D eigenvalue weighted by Crippen LogP contribution is -2.46. The molecule has 0 unspecified atom stereocenters. The van der Waals surface area contributed by atoms with E-state index in [2.05, 4.69) is 10.6 Å². The molecule has 34 heavy (non-hydrogen) atoms. The van der Waals surface area contributed by atoms with Crippen molar-refractivity contribution in [2.75, 3.05) is 25.0 Å². The first-order valence-electron chi connectivity index (χ1n) is 12.2. The van der Waals surface area contributed by atoms with Crippen LogP contribution in [0.25, 0.3) is 0 Å². The van der Waals surface area contributed by atoms with Crippen molar-refractivity contribution in [1.82, 2.24) is 10.2 Å². The van der Waals surface area contributed by atoms with Crippen molar-refractivity contribution in [3.05, 3.63) is 64.7 Å². The molecule has 2 fully saturated rings. The zero-order valence-corrected chi connectivity index (χ0v) is 20.2. The molecule has 1 atom stereocenters. The topological polar surface area (TPSA) is 78.5 Å². The molecular formula is C27H32ClN3O3. The SMILES string of the molecule is O=C(Nc1cccc(C(=O)N2CCC[C@@H](C(=O)NCC3CCCCC3)C2)c1)c1ccccc1Cl. The smallest absolute Gasteiger partial charge is 0.257 e. The number of carbonyl (C=O) groups is 3. The maximum atomic E-state index is 13.2. The monoisotopic (exact) mass is 481 g/mol. The molecule has 0 bridgehead atoms. The van der Waals surface area contributed by atoms with Crippen LogP contribution in [0.4, 0.5) is 5.69 Å². The van der Waals surface area contributed by atoms with Crippen LogP contribution in [0.3, 0.4) is 0 Å². The first kappa shape index (κ1) is 24.3. The molecule has 1 aliphatic carbocycles. The van der Waals surface area contributed by atoms with Gasteiger partial charge in [-0.2, -0.15) is 0 Å². The number of rotatable bonds is 6. The molecular weight excluding hydrogens is 450 g/mol. The normalized spacial score (nSPS) is 18.9. The van der Waals surface area contributed by atoms with Gasteiger partial charge in [0.2, 0.25) is 5.91 Å². The Morgan fingerprint density at radius 1 is 0.941 bits per heavy atom. The molecule has 2 aliphatic rings. The van der Waals surface area contributed by atoms with E-state index in [-0.39, 0.29) is 23.6 Å². The van der Waals surface area contributed by atoms with Gasteiger partial charge in [0.25, 0.3) is 11.8 Å². The average Bonchev–Trinajstić information content (AvgIpc) is 2.88. The molecule has 180 valence electrons. The molecule has 7 heteroatoms. The lowest BCUT2D eigenvalue weighted by molar-refractivity contribution is -0.126. The summed E-state index contributed by atoms with van der Waals surface area (Å²) in [5, 5.41) is 6.32. The summed E-state index contributed by atoms with van der Waals surface area (Å²) in [5.74, 6) is 0.0115. The van der Waals surface area contributed by atoms with E-state index in [1.807, 2.05) is 0 Å². The second-order valence-corrected chi connectivity index (χ2v) is 9.76. The number of piperidine rings is 1. The molecule has 3 amide bonds. The van der Waals surface area contributed by atoms with E-state index in [0.29, 0.717) is 40.8 Å². The Morgan fingerprint density at radius 3 is 2.53 bits per heavy atom. The molecule has 0 aromatic heterocycles. The zero-order chi connectivity index (χ0) is 23.9. The lowest BCUT2D eigenvalue weighted by atomic mass is 9.89. The van der Waals surface area contributed by atoms with E-state index >= 15 is 0 Å². The van der Waals surface area contributed by atoms with Gasteiger partial charge in [0.05, 0.1) is 16.5 Å². The van der Waals surface area contributed by atoms with E-state index in [1.165, 1.54) is 32.1 Å². The first-order valence-corrected chi connectivity index (χ1v) is 12.6. The molecule has 0 radical (unpaired) electrons. The van der Waals surface area contributed by atoms with Crippen molar-refractivity contribution < 1.29 is 14.4 Å². The van der Waals surface area contributed by atoms with Gasteiger partial charge in [0.15, 0.2) is 0 Å². The Hall–Kier alpha value is -2.86. The predicted octanol–water partition coefficient (Wildman–Crippen LogP) is 5.14. The summed E-state index contributed by atoms with van der Waals surface area (Å²) in [5.41, 5.74) is 1.38. The molecule has 2 aromatic rings. The molecule has 1 saturated carbocycles. The summed E-state index contributed by atoms with van der Waals surface area (Å²) in [4.78, 5) is 40.3. The van der Waals surface area contributed by atoms with Gasteiger partial charge in [0, 0.05) is 30.9 Å². The molecule has 2 aromatic carbocycles. The van der Waals surface area contributed by atoms with Crippen LogP contribution >= 0.6 is 11.6 Å². The fourth-order valence-electron chi connectivity index (χ4n) is 4.91. The Labute approximate surface area is 206 Å². The van der Waals surface area contributed by atoms with Crippen molar-refractivity contribution in [1.29, 1.82) is 0 Å². The Balaban J connectivity index is 1.35. The minimum atomic E-state index is -0.331. The summed E-state index contributed by atoms with van der Waals surface area (Å²) < 4.78 is 0. The summed E-state index contributed by atoms with van der Waals surface area (Å²) >= 11 is 6.12. The Bertz CT molecular complexity index is 1040. The predicted molar refractivity (Wildman–Crippen MR) is 134 cm³/mol. The Morgan fingerprint density at radius 2 is 1.74 bits per heavy atom. The number of hydrogen-bond acceptors (Lipinski definition) is 3. The number of anilines is 1. The molecule has 0 spiro atoms. The lowest BCUT2D eigenvalue weighted by Gasteiger charge is -2.32. The second-order valence-electron chi connectivity index (χ2n) is 9.35. The van der Waals surface area contributed by atoms with Gasteiger partial charge in [-0.1, -0.05) is 49.1 Å². The molecule has 6 nitrogen and oxygen atoms in total. The highest BCUT2D eigenvalue weighted by molar-refractivity contribution is 6.34. The third-order valence-corrected chi connectivity index (χ3v) is 7.18. The number of carbonyl (C=O) groups excluding carboxylic acids is 3. The molecule has 1 heterocycles. The number of halogens is 1. The third kappa shape index (κ3) is 6.17. The van der Waals surface area contributed by atoms with Crippen LogP contribution in [-0.4, -0.2) is 42.3 Å². The number of amides is 3. The number of likely N-dealkylation sites (tertiary alicyclic amines) is 1. The van der Waals surface area contributed by atoms with E-state index in [4.69, 9.17) is 11.6 Å². The zero-order valence-electron chi connectivity index (χ0n) is 19.4. The van der Waals surface area contributed by atoms with Gasteiger partial charge in [-0.05, 0) is 61.9 Å². The fourth-order valence-corrected chi connectivity index (χ4v) is 5.13. The minimum absolute atomic E-state index is 0.0591. The van der Waals surface area contributed by atoms with E-state index in [9.17, 15) is 14.4 Å². The summed E-state index contributed by atoms with van der Waals surface area (Å²) in [6.07, 6.45) is 7.80. The van der Waals surface area contributed by atoms with Crippen LogP contribution < -0.4 is 10.6 Å². The number of nitrogens with zero attached hydrogens (tertiary/aromatic N) is 1. The molecule has 4 rings (SSSR count). The van der Waals surface area contributed by atoms with Crippen molar-refractivity contribution in [3.8, 4) is 0 Å². The van der Waals surface area contributed by atoms with E-state index < -0.39 is 0 Å². The number of nitrogens with one attached hydrogen (secondary N) is 2. The quantitative estimate of drug-likeness (QED) is 0.599. The highest BCUT2D eigenvalue weighted by Crippen LogP contribution is 2.24. The van der Waals surface area contributed by atoms with Crippen LogP contribution in [0.2, 0.25) is 5.02 Å². The van der Waals surface area contributed by atoms with Crippen molar-refractivity contribution in [2.24, 2.45) is 11.8 Å². The van der Waals surface area contributed by atoms with Crippen LogP contribution in [-0.2, 0) is 4.79 Å². The second kappa shape index (κ2) is 11.5. The Kier molecular flexibility index (Phi) is 8.22. The molecule has 1 saturated heterocycles. The number of benzene rings is 2. The minimum Gasteiger partial charge on any atom is -0.356 e. The highest BCUT2D eigenvalue weighted by Gasteiger charge is 2.29. The van der Waals surface area contributed by atoms with Crippen LogP contribution in [0.1, 0.15) is 65.7 Å². The highest BCUT2D eigenvalue weighted by atomic mass is 35.5. The van der Waals surface area contributed by atoms with Gasteiger partial charge in [0.1, 0.15) is 0 Å². The maximum absolute atomic E-state index is 13.2. The first-order chi connectivity index (χ1) is 16.5. The fraction of sp³-hybridized carbons (Fsp3) is 0.444. The van der Waals surface area contributed by atoms with Crippen molar-refractivity contribution in [3.63, 3.8) is 0 Å². The van der Waals surface area contributed by atoms with Crippen LogP contribution in [0.15, 0.2) is 48.5 Å². The standard InChI is InChI=1S/C27H32ClN3O3/c28-24-14-5-4-13-23(24)26(33)30-22-12-6-10-20(16-22)27(34)31-15-7-11-21(18-31)25(32)29-17-19-8-2-1-3-9-19/h4-6,10,12-14,16,19,21H,1-3,7-9,11,15,17-18H2,(H,29,32)(H,30,33)/t21-/m1/s1. The van der Waals surface area contributed by atoms with Gasteiger partial charge in [-0.25, -0.2) is 0 Å². The summed E-state index contributed by atoms with van der Waals surface area (Å²) in [6, 6.07) is 13.7. The summed E-state index contributed by atoms with van der Waals surface area (Å²) in [6.45, 7) is 1.80. The third-order valence-electron chi connectivity index (χ3n) is 6.85. The number of hydrogen-bond donors (Lipinski definition) is 2. The van der Waals surface area contributed by atoms with Crippen LogP contribution in [0, 0.1) is 11.8 Å². The average molecular weight is 482 g/mol. The van der Waals surface area contributed by atoms with Gasteiger partial charge in [-0.3, -0.25) is 14.4 Å². The van der Waals surface area contributed by atoms with Crippen molar-refractivity contribution >= 4 is 35.0 Å². The largest absolute Gasteiger partial charge is 0.356 e. The maximum Gasteiger partial charge on any atom is 0.257 e. The van der Waals surface area contributed by atoms with Crippen molar-refractivity contribution in [2.45, 2.75) is 44.9 Å². The van der Waals surface area contributed by atoms with Crippen LogP contribution in [0.5, 0.6) is 0 Å². The van der Waals surface area contributed by atoms with Gasteiger partial charge >= 0.3 is 0 Å². The molecule has 2 N–H and O–H groups in total. The van der Waals surface area contributed by atoms with E-state index in [1.54, 1.807) is 53.4 Å². The van der Waals surface area contributed by atoms with Gasteiger partial charge < -0.3 is 15.5 Å². The summed E-state index contributed by atoms with van der Waals surface area (Å²) in [7, 11) is 0.